The monoisotopic (exact) mass is 397 g/mol. The van der Waals surface area contributed by atoms with E-state index in [1.165, 1.54) is 0 Å². The molecule has 1 amide bonds. The molecular weight excluding hydrogens is 385 g/mol. The van der Waals surface area contributed by atoms with Crippen molar-refractivity contribution in [2.45, 2.75) is 19.3 Å². The van der Waals surface area contributed by atoms with Crippen LogP contribution in [0.1, 0.15) is 38.5 Å². The summed E-state index contributed by atoms with van der Waals surface area (Å²) in [5.41, 5.74) is 2.68. The van der Waals surface area contributed by atoms with Crippen molar-refractivity contribution in [1.29, 1.82) is 0 Å². The van der Waals surface area contributed by atoms with Crippen molar-refractivity contribution in [3.8, 4) is 0 Å². The maximum absolute atomic E-state index is 12.3. The smallest absolute Gasteiger partial charge is 0.338 e. The largest absolute Gasteiger partial charge is 0.478 e. The van der Waals surface area contributed by atoms with Crippen molar-refractivity contribution in [1.82, 2.24) is 10.2 Å². The number of aromatic carboxylic acids is 1. The van der Waals surface area contributed by atoms with Gasteiger partial charge in [-0.15, -0.1) is 0 Å². The van der Waals surface area contributed by atoms with Gasteiger partial charge in [0.1, 0.15) is 0 Å². The number of fused-ring (bicyclic) bond motifs is 1. The number of carbonyl (C=O) groups is 2. The first-order valence-corrected chi connectivity index (χ1v) is 7.55. The topological polar surface area (TPSA) is 95.1 Å². The minimum absolute atomic E-state index is 0.0960. The minimum Gasteiger partial charge on any atom is -0.478 e. The quantitative estimate of drug-likeness (QED) is 0.694. The highest BCUT2D eigenvalue weighted by atomic mass is 127. The molecule has 1 aromatic heterocycles. The fraction of sp³-hybridized carbons (Fsp3) is 0.214. The Morgan fingerprint density at radius 3 is 2.90 bits per heavy atom. The maximum atomic E-state index is 12.3. The number of aromatic amines is 1. The Balaban J connectivity index is 1.92. The first kappa shape index (κ1) is 14.1. The standard InChI is InChI=1S/C14H12IN3O3/c15-8-4-2-6-10(11(8)14(20)21)16-13(19)12-7-3-1-5-9(7)17-18-12/h2,4,6H,1,3,5H2,(H,16,19)(H,17,18)(H,20,21). The van der Waals surface area contributed by atoms with Gasteiger partial charge in [-0.3, -0.25) is 9.89 Å². The van der Waals surface area contributed by atoms with E-state index in [0.29, 0.717) is 9.26 Å². The van der Waals surface area contributed by atoms with Gasteiger partial charge in [-0.2, -0.15) is 5.10 Å². The Morgan fingerprint density at radius 2 is 2.14 bits per heavy atom. The van der Waals surface area contributed by atoms with Crippen molar-refractivity contribution in [2.75, 3.05) is 5.32 Å². The number of aromatic nitrogens is 2. The van der Waals surface area contributed by atoms with Gasteiger partial charge >= 0.3 is 5.97 Å². The molecule has 2 aromatic rings. The third kappa shape index (κ3) is 2.53. The molecule has 0 saturated heterocycles. The van der Waals surface area contributed by atoms with Gasteiger partial charge < -0.3 is 10.4 Å². The molecule has 1 heterocycles. The van der Waals surface area contributed by atoms with Crippen LogP contribution < -0.4 is 5.32 Å². The zero-order valence-corrected chi connectivity index (χ0v) is 13.1. The molecule has 3 rings (SSSR count). The second-order valence-electron chi connectivity index (χ2n) is 4.80. The Kier molecular flexibility index (Phi) is 3.66. The van der Waals surface area contributed by atoms with Gasteiger partial charge in [0.05, 0.1) is 11.3 Å². The number of amides is 1. The molecule has 0 bridgehead atoms. The molecule has 0 aliphatic heterocycles. The molecule has 0 atom stereocenters. The summed E-state index contributed by atoms with van der Waals surface area (Å²) >= 11 is 1.94. The second kappa shape index (κ2) is 5.47. The van der Waals surface area contributed by atoms with E-state index in [0.717, 1.165) is 30.5 Å². The van der Waals surface area contributed by atoms with Gasteiger partial charge in [0, 0.05) is 14.8 Å². The van der Waals surface area contributed by atoms with Crippen LogP contribution in [0.15, 0.2) is 18.2 Å². The number of carbonyl (C=O) groups excluding carboxylic acids is 1. The lowest BCUT2D eigenvalue weighted by atomic mass is 10.1. The van der Waals surface area contributed by atoms with Crippen LogP contribution in [-0.4, -0.2) is 27.2 Å². The summed E-state index contributed by atoms with van der Waals surface area (Å²) in [7, 11) is 0. The summed E-state index contributed by atoms with van der Waals surface area (Å²) in [5.74, 6) is -1.44. The van der Waals surface area contributed by atoms with Crippen LogP contribution in [0.5, 0.6) is 0 Å². The number of H-pyrrole nitrogens is 1. The Hall–Kier alpha value is -1.90. The molecule has 0 unspecified atom stereocenters. The fourth-order valence-electron chi connectivity index (χ4n) is 2.53. The predicted octanol–water partition coefficient (Wildman–Crippen LogP) is 2.45. The highest BCUT2D eigenvalue weighted by Gasteiger charge is 2.24. The van der Waals surface area contributed by atoms with E-state index in [1.54, 1.807) is 18.2 Å². The minimum atomic E-state index is -1.07. The molecule has 108 valence electrons. The van der Waals surface area contributed by atoms with Gasteiger partial charge in [-0.05, 0) is 54.0 Å². The van der Waals surface area contributed by atoms with E-state index in [1.807, 2.05) is 22.6 Å². The zero-order valence-electron chi connectivity index (χ0n) is 10.9. The van der Waals surface area contributed by atoms with Gasteiger partial charge in [-0.1, -0.05) is 6.07 Å². The molecular formula is C14H12IN3O3. The van der Waals surface area contributed by atoms with Crippen molar-refractivity contribution in [3.05, 3.63) is 44.3 Å². The van der Waals surface area contributed by atoms with Crippen LogP contribution in [0.4, 0.5) is 5.69 Å². The fourth-order valence-corrected chi connectivity index (χ4v) is 3.26. The number of anilines is 1. The average molecular weight is 397 g/mol. The Labute approximate surface area is 134 Å². The number of carboxylic acid groups (broad SMARTS) is 1. The first-order valence-electron chi connectivity index (χ1n) is 6.47. The third-order valence-electron chi connectivity index (χ3n) is 3.50. The number of hydrogen-bond acceptors (Lipinski definition) is 3. The van der Waals surface area contributed by atoms with Crippen LogP contribution in [-0.2, 0) is 12.8 Å². The van der Waals surface area contributed by atoms with E-state index >= 15 is 0 Å². The zero-order chi connectivity index (χ0) is 15.0. The number of carboxylic acids is 1. The van der Waals surface area contributed by atoms with E-state index in [9.17, 15) is 14.7 Å². The number of halogens is 1. The Bertz CT molecular complexity index is 739. The highest BCUT2D eigenvalue weighted by molar-refractivity contribution is 14.1. The molecule has 1 aliphatic rings. The number of benzene rings is 1. The van der Waals surface area contributed by atoms with Gasteiger partial charge in [0.15, 0.2) is 5.69 Å². The molecule has 0 spiro atoms. The molecule has 0 fully saturated rings. The van der Waals surface area contributed by atoms with E-state index in [2.05, 4.69) is 15.5 Å². The lowest BCUT2D eigenvalue weighted by Crippen LogP contribution is -2.17. The maximum Gasteiger partial charge on any atom is 0.338 e. The van der Waals surface area contributed by atoms with Crippen LogP contribution in [0.2, 0.25) is 0 Å². The summed E-state index contributed by atoms with van der Waals surface area (Å²) in [6.45, 7) is 0. The normalized spacial score (nSPS) is 13.0. The molecule has 3 N–H and O–H groups in total. The van der Waals surface area contributed by atoms with Gasteiger partial charge in [0.25, 0.3) is 5.91 Å². The summed E-state index contributed by atoms with van der Waals surface area (Å²) in [6, 6.07) is 4.97. The predicted molar refractivity (Wildman–Crippen MR) is 84.7 cm³/mol. The van der Waals surface area contributed by atoms with Crippen molar-refractivity contribution in [2.24, 2.45) is 0 Å². The summed E-state index contributed by atoms with van der Waals surface area (Å²) in [5, 5.41) is 18.8. The number of nitrogens with one attached hydrogen (secondary N) is 2. The van der Waals surface area contributed by atoms with E-state index in [-0.39, 0.29) is 17.2 Å². The van der Waals surface area contributed by atoms with Crippen LogP contribution in [0.25, 0.3) is 0 Å². The third-order valence-corrected chi connectivity index (χ3v) is 4.40. The number of rotatable bonds is 3. The molecule has 6 nitrogen and oxygen atoms in total. The number of hydrogen-bond donors (Lipinski definition) is 3. The SMILES string of the molecule is O=C(Nc1cccc(I)c1C(=O)O)c1n[nH]c2c1CCC2. The van der Waals surface area contributed by atoms with Crippen LogP contribution in [0.3, 0.4) is 0 Å². The van der Waals surface area contributed by atoms with E-state index < -0.39 is 5.97 Å². The van der Waals surface area contributed by atoms with Gasteiger partial charge in [-0.25, -0.2) is 4.79 Å². The van der Waals surface area contributed by atoms with E-state index in [4.69, 9.17) is 0 Å². The van der Waals surface area contributed by atoms with Gasteiger partial charge in [0.2, 0.25) is 0 Å². The number of nitrogens with zero attached hydrogens (tertiary/aromatic N) is 1. The lowest BCUT2D eigenvalue weighted by molar-refractivity contribution is 0.0697. The highest BCUT2D eigenvalue weighted by Crippen LogP contribution is 2.25. The molecule has 1 aliphatic carbocycles. The van der Waals surface area contributed by atoms with Crippen LogP contribution in [0, 0.1) is 3.57 Å². The molecule has 0 radical (unpaired) electrons. The summed E-state index contributed by atoms with van der Waals surface area (Å²) in [6.07, 6.45) is 2.74. The van der Waals surface area contributed by atoms with Crippen molar-refractivity contribution >= 4 is 40.2 Å². The van der Waals surface area contributed by atoms with Crippen molar-refractivity contribution < 1.29 is 14.7 Å². The Morgan fingerprint density at radius 1 is 1.33 bits per heavy atom. The summed E-state index contributed by atoms with van der Waals surface area (Å²) in [4.78, 5) is 23.7. The molecule has 1 aromatic carbocycles. The van der Waals surface area contributed by atoms with Crippen molar-refractivity contribution in [3.63, 3.8) is 0 Å². The lowest BCUT2D eigenvalue weighted by Gasteiger charge is -2.09. The first-order chi connectivity index (χ1) is 10.1. The molecule has 7 heteroatoms. The van der Waals surface area contributed by atoms with Crippen LogP contribution >= 0.6 is 22.6 Å². The molecule has 21 heavy (non-hydrogen) atoms. The molecule has 0 saturated carbocycles. The number of aryl methyl sites for hydroxylation is 1. The summed E-state index contributed by atoms with van der Waals surface area (Å²) < 4.78 is 0.574. The second-order valence-corrected chi connectivity index (χ2v) is 5.97. The average Bonchev–Trinajstić information content (AvgIpc) is 2.99.